The molecule has 3 aromatic rings. The summed E-state index contributed by atoms with van der Waals surface area (Å²) in [7, 11) is 0. The molecule has 0 aliphatic rings. The Morgan fingerprint density at radius 1 is 0.960 bits per heavy atom. The van der Waals surface area contributed by atoms with Crippen molar-refractivity contribution in [3.05, 3.63) is 105 Å². The molecular formula is C35H44N6O9. The molecule has 15 nitrogen and oxygen atoms in total. The third kappa shape index (κ3) is 11.5. The summed E-state index contributed by atoms with van der Waals surface area (Å²) >= 11 is 0. The van der Waals surface area contributed by atoms with E-state index < -0.39 is 29.5 Å². The number of carboxylic acids is 1. The molecule has 3 rings (SSSR count). The maximum Gasteiger partial charge on any atom is 0.510 e. The van der Waals surface area contributed by atoms with Crippen LogP contribution in [0.25, 0.3) is 11.1 Å². The van der Waals surface area contributed by atoms with E-state index in [0.29, 0.717) is 23.1 Å². The molecule has 2 atom stereocenters. The number of carbonyl (C=O) groups excluding carboxylic acids is 2. The standard InChI is InChI=1S/C35H44N6O9/c1-5-6-14-31(42)39(32(23(2)3)34(43)44)20-25-15-17-28(18-16-25)29-12-7-8-13-30(29)33(36)38-40(37)24(4)50-35(45)48-21-26-10-9-11-27(19-26)22-49-41(46)47/h7-13,15-19,23-24,32H,5-6,14,20-22,37H2,1-4H3,(H2,36,38)(H,43,44). The number of carboxylic acid groups (broad SMARTS) is 1. The number of ether oxygens (including phenoxy) is 2. The van der Waals surface area contributed by atoms with E-state index in [9.17, 15) is 29.6 Å². The summed E-state index contributed by atoms with van der Waals surface area (Å²) in [5.74, 6) is 4.58. The van der Waals surface area contributed by atoms with Crippen LogP contribution in [-0.4, -0.2) is 56.3 Å². The van der Waals surface area contributed by atoms with Crippen LogP contribution >= 0.6 is 0 Å². The number of carbonyl (C=O) groups is 3. The Morgan fingerprint density at radius 3 is 2.24 bits per heavy atom. The van der Waals surface area contributed by atoms with E-state index in [4.69, 9.17) is 21.1 Å². The summed E-state index contributed by atoms with van der Waals surface area (Å²) in [6.45, 7) is 6.77. The molecule has 0 aromatic heterocycles. The number of amides is 1. The van der Waals surface area contributed by atoms with Crippen molar-refractivity contribution < 1.29 is 38.9 Å². The van der Waals surface area contributed by atoms with Crippen LogP contribution in [0, 0.1) is 16.0 Å². The fourth-order valence-corrected chi connectivity index (χ4v) is 5.10. The van der Waals surface area contributed by atoms with Crippen LogP contribution in [0.1, 0.15) is 69.2 Å². The van der Waals surface area contributed by atoms with Gasteiger partial charge in [0.25, 0.3) is 5.09 Å². The summed E-state index contributed by atoms with van der Waals surface area (Å²) in [6, 6.07) is 20.2. The average Bonchev–Trinajstić information content (AvgIpc) is 3.08. The second kappa shape index (κ2) is 18.7. The maximum absolute atomic E-state index is 13.1. The van der Waals surface area contributed by atoms with Gasteiger partial charge in [0.1, 0.15) is 19.3 Å². The highest BCUT2D eigenvalue weighted by Gasteiger charge is 2.32. The number of nitrogens with zero attached hydrogens (tertiary/aromatic N) is 4. The summed E-state index contributed by atoms with van der Waals surface area (Å²) in [5.41, 5.74) is 10.3. The van der Waals surface area contributed by atoms with Gasteiger partial charge in [-0.3, -0.25) is 4.79 Å². The Kier molecular flexibility index (Phi) is 14.5. The van der Waals surface area contributed by atoms with Gasteiger partial charge in [-0.2, -0.15) is 5.12 Å². The fraction of sp³-hybridized carbons (Fsp3) is 0.371. The third-order valence-electron chi connectivity index (χ3n) is 7.65. The molecule has 0 heterocycles. The van der Waals surface area contributed by atoms with Crippen LogP contribution < -0.4 is 11.6 Å². The van der Waals surface area contributed by atoms with Gasteiger partial charge in [0.15, 0.2) is 5.84 Å². The highest BCUT2D eigenvalue weighted by atomic mass is 16.9. The van der Waals surface area contributed by atoms with E-state index in [1.54, 1.807) is 50.2 Å². The Hall–Kier alpha value is -5.70. The van der Waals surface area contributed by atoms with Crippen LogP contribution in [0.5, 0.6) is 0 Å². The van der Waals surface area contributed by atoms with Gasteiger partial charge in [0.05, 0.1) is 0 Å². The number of rotatable bonds is 18. The lowest BCUT2D eigenvalue weighted by atomic mass is 9.97. The molecule has 0 spiro atoms. The lowest BCUT2D eigenvalue weighted by molar-refractivity contribution is -0.763. The Morgan fingerprint density at radius 2 is 1.62 bits per heavy atom. The number of nitrogens with two attached hydrogens (primary N) is 2. The number of hydrazone groups is 1. The third-order valence-corrected chi connectivity index (χ3v) is 7.65. The van der Waals surface area contributed by atoms with E-state index in [1.807, 2.05) is 43.3 Å². The molecule has 0 aliphatic heterocycles. The summed E-state index contributed by atoms with van der Waals surface area (Å²) in [6.07, 6.45) is -0.321. The first-order chi connectivity index (χ1) is 23.8. The van der Waals surface area contributed by atoms with Crippen LogP contribution in [0.2, 0.25) is 0 Å². The maximum atomic E-state index is 13.1. The van der Waals surface area contributed by atoms with Crippen molar-refractivity contribution in [2.75, 3.05) is 0 Å². The topological polar surface area (TPSA) is 213 Å². The molecule has 50 heavy (non-hydrogen) atoms. The summed E-state index contributed by atoms with van der Waals surface area (Å²) in [4.78, 5) is 53.7. The molecule has 3 aromatic carbocycles. The minimum atomic E-state index is -1.07. The first kappa shape index (κ1) is 38.7. The van der Waals surface area contributed by atoms with Crippen molar-refractivity contribution in [1.29, 1.82) is 0 Å². The highest BCUT2D eigenvalue weighted by Crippen LogP contribution is 2.26. The number of unbranched alkanes of at least 4 members (excludes halogenated alkanes) is 1. The Balaban J connectivity index is 1.69. The predicted molar refractivity (Wildman–Crippen MR) is 184 cm³/mol. The molecule has 2 unspecified atom stereocenters. The molecular weight excluding hydrogens is 648 g/mol. The van der Waals surface area contributed by atoms with Crippen molar-refractivity contribution in [3.63, 3.8) is 0 Å². The largest absolute Gasteiger partial charge is 0.510 e. The van der Waals surface area contributed by atoms with Gasteiger partial charge in [-0.25, -0.2) is 15.4 Å². The second-order valence-corrected chi connectivity index (χ2v) is 11.8. The van der Waals surface area contributed by atoms with Crippen LogP contribution in [0.4, 0.5) is 4.79 Å². The van der Waals surface area contributed by atoms with Crippen LogP contribution in [-0.2, 0) is 43.7 Å². The molecule has 0 aliphatic carbocycles. The number of hydrazine groups is 1. The predicted octanol–water partition coefficient (Wildman–Crippen LogP) is 5.19. The smallest absolute Gasteiger partial charge is 0.480 e. The van der Waals surface area contributed by atoms with Gasteiger partial charge in [0, 0.05) is 18.5 Å². The monoisotopic (exact) mass is 692 g/mol. The van der Waals surface area contributed by atoms with E-state index in [-0.39, 0.29) is 43.8 Å². The second-order valence-electron chi connectivity index (χ2n) is 11.8. The lowest BCUT2D eigenvalue weighted by Crippen LogP contribution is -2.47. The number of aliphatic carboxylic acids is 1. The number of hydrogen-bond acceptors (Lipinski definition) is 11. The number of hydrogen-bond donors (Lipinski definition) is 3. The van der Waals surface area contributed by atoms with Crippen molar-refractivity contribution in [2.24, 2.45) is 22.6 Å². The minimum Gasteiger partial charge on any atom is -0.480 e. The fourth-order valence-electron chi connectivity index (χ4n) is 5.10. The van der Waals surface area contributed by atoms with Gasteiger partial charge in [-0.1, -0.05) is 100.0 Å². The molecule has 0 saturated heterocycles. The zero-order valence-corrected chi connectivity index (χ0v) is 28.6. The van der Waals surface area contributed by atoms with Gasteiger partial charge >= 0.3 is 12.1 Å². The van der Waals surface area contributed by atoms with Gasteiger partial charge in [-0.15, -0.1) is 15.2 Å². The normalized spacial score (nSPS) is 12.5. The molecule has 15 heteroatoms. The van der Waals surface area contributed by atoms with E-state index in [0.717, 1.165) is 28.2 Å². The van der Waals surface area contributed by atoms with Crippen LogP contribution in [0.3, 0.4) is 0 Å². The quantitative estimate of drug-likeness (QED) is 0.0299. The summed E-state index contributed by atoms with van der Waals surface area (Å²) in [5, 5.41) is 24.5. The van der Waals surface area contributed by atoms with Crippen molar-refractivity contribution >= 4 is 23.9 Å². The molecule has 0 bridgehead atoms. The van der Waals surface area contributed by atoms with Crippen LogP contribution in [0.15, 0.2) is 77.9 Å². The van der Waals surface area contributed by atoms with Crippen molar-refractivity contribution in [2.45, 2.75) is 79.0 Å². The zero-order chi connectivity index (χ0) is 36.8. The number of benzene rings is 3. The molecule has 0 saturated carbocycles. The van der Waals surface area contributed by atoms with Crippen molar-refractivity contribution in [3.8, 4) is 11.1 Å². The van der Waals surface area contributed by atoms with E-state index in [1.165, 1.54) is 11.8 Å². The van der Waals surface area contributed by atoms with Crippen molar-refractivity contribution in [1.82, 2.24) is 10.0 Å². The lowest BCUT2D eigenvalue weighted by Gasteiger charge is -2.32. The SMILES string of the molecule is CCCCC(=O)N(Cc1ccc(-c2ccccc2/C(N)=N/N(N)C(C)OC(=O)OCc2cccc(CO[N+](=O)[O-])c2)cc1)C(C(=O)O)C(C)C. The number of amidine groups is 1. The highest BCUT2D eigenvalue weighted by molar-refractivity contribution is 6.03. The van der Waals surface area contributed by atoms with Gasteiger partial charge < -0.3 is 30.1 Å². The molecule has 0 fully saturated rings. The minimum absolute atomic E-state index is 0.0404. The van der Waals surface area contributed by atoms with E-state index >= 15 is 0 Å². The Labute approximate surface area is 290 Å². The van der Waals surface area contributed by atoms with Gasteiger partial charge in [-0.05, 0) is 47.1 Å². The average molecular weight is 693 g/mol. The van der Waals surface area contributed by atoms with E-state index in [2.05, 4.69) is 9.94 Å². The summed E-state index contributed by atoms with van der Waals surface area (Å²) < 4.78 is 10.4. The molecule has 268 valence electrons. The van der Waals surface area contributed by atoms with Gasteiger partial charge in [0.2, 0.25) is 12.1 Å². The first-order valence-corrected chi connectivity index (χ1v) is 16.1. The first-order valence-electron chi connectivity index (χ1n) is 16.1. The molecule has 1 amide bonds. The molecule has 0 radical (unpaired) electrons. The molecule has 5 N–H and O–H groups in total. The Bertz CT molecular complexity index is 1650. The zero-order valence-electron chi connectivity index (χ0n) is 28.6.